The van der Waals surface area contributed by atoms with E-state index in [0.717, 1.165) is 45.4 Å². The van der Waals surface area contributed by atoms with Crippen LogP contribution in [0.25, 0.3) is 0 Å². The van der Waals surface area contributed by atoms with E-state index in [1.54, 1.807) is 7.11 Å². The highest BCUT2D eigenvalue weighted by molar-refractivity contribution is 5.79. The molecule has 4 nitrogen and oxygen atoms in total. The number of hydrogen-bond acceptors (Lipinski definition) is 3. The van der Waals surface area contributed by atoms with Crippen LogP contribution in [0.4, 0.5) is 0 Å². The Hall–Kier alpha value is -0.870. The molecule has 130 valence electrons. The van der Waals surface area contributed by atoms with E-state index in [1.807, 2.05) is 0 Å². The van der Waals surface area contributed by atoms with Gasteiger partial charge in [-0.3, -0.25) is 9.69 Å². The van der Waals surface area contributed by atoms with Gasteiger partial charge in [0.25, 0.3) is 0 Å². The Balaban J connectivity index is 1.58. The van der Waals surface area contributed by atoms with E-state index >= 15 is 0 Å². The summed E-state index contributed by atoms with van der Waals surface area (Å²) in [6.45, 7) is 8.46. The van der Waals surface area contributed by atoms with Crippen LogP contribution in [0.1, 0.15) is 46.0 Å². The molecule has 0 aromatic carbocycles. The normalized spacial score (nSPS) is 28.3. The summed E-state index contributed by atoms with van der Waals surface area (Å²) in [6.07, 6.45) is 9.73. The minimum atomic E-state index is 0.223. The Labute approximate surface area is 140 Å². The first-order chi connectivity index (χ1) is 11.0. The van der Waals surface area contributed by atoms with Crippen molar-refractivity contribution in [2.45, 2.75) is 58.0 Å². The zero-order chi connectivity index (χ0) is 16.4. The van der Waals surface area contributed by atoms with Crippen molar-refractivity contribution in [3.63, 3.8) is 0 Å². The fraction of sp³-hybridized carbons (Fsp3) is 0.842. The number of piperidine rings is 1. The number of likely N-dealkylation sites (tertiary alicyclic amines) is 2. The molecule has 0 N–H and O–H groups in total. The Morgan fingerprint density at radius 1 is 1.26 bits per heavy atom. The van der Waals surface area contributed by atoms with Crippen molar-refractivity contribution in [3.05, 3.63) is 12.2 Å². The summed E-state index contributed by atoms with van der Waals surface area (Å²) < 4.78 is 5.45. The van der Waals surface area contributed by atoms with Crippen molar-refractivity contribution in [2.24, 2.45) is 11.3 Å². The SMILES string of the molecule is COCC1CC2(CCN(C(=O)C3CC=CC3)CC2)CN1C(C)C. The number of nitrogens with zero attached hydrogens (tertiary/aromatic N) is 2. The first-order valence-corrected chi connectivity index (χ1v) is 9.23. The second kappa shape index (κ2) is 6.94. The van der Waals surface area contributed by atoms with Gasteiger partial charge in [-0.05, 0) is 51.4 Å². The van der Waals surface area contributed by atoms with Crippen molar-refractivity contribution >= 4 is 5.91 Å². The molecular weight excluding hydrogens is 288 g/mol. The molecule has 0 radical (unpaired) electrons. The van der Waals surface area contributed by atoms with Gasteiger partial charge < -0.3 is 9.64 Å². The number of amides is 1. The van der Waals surface area contributed by atoms with Gasteiger partial charge in [-0.1, -0.05) is 12.2 Å². The number of carbonyl (C=O) groups is 1. The molecule has 2 fully saturated rings. The van der Waals surface area contributed by atoms with Crippen LogP contribution in [-0.2, 0) is 9.53 Å². The summed E-state index contributed by atoms with van der Waals surface area (Å²) in [7, 11) is 1.81. The molecule has 0 aromatic heterocycles. The lowest BCUT2D eigenvalue weighted by Gasteiger charge is -2.40. The lowest BCUT2D eigenvalue weighted by atomic mass is 9.76. The summed E-state index contributed by atoms with van der Waals surface area (Å²) in [5, 5.41) is 0. The number of rotatable bonds is 4. The lowest BCUT2D eigenvalue weighted by molar-refractivity contribution is -0.137. The molecule has 2 heterocycles. The van der Waals surface area contributed by atoms with Crippen LogP contribution in [0, 0.1) is 11.3 Å². The summed E-state index contributed by atoms with van der Waals surface area (Å²) in [5.74, 6) is 0.609. The highest BCUT2D eigenvalue weighted by atomic mass is 16.5. The van der Waals surface area contributed by atoms with E-state index in [4.69, 9.17) is 4.74 Å². The number of ether oxygens (including phenoxy) is 1. The third-order valence-electron chi connectivity index (χ3n) is 6.17. The number of hydrogen-bond donors (Lipinski definition) is 0. The molecule has 4 heteroatoms. The maximum Gasteiger partial charge on any atom is 0.226 e. The zero-order valence-electron chi connectivity index (χ0n) is 15.0. The van der Waals surface area contributed by atoms with Crippen LogP contribution in [0.5, 0.6) is 0 Å². The Morgan fingerprint density at radius 2 is 1.91 bits per heavy atom. The van der Waals surface area contributed by atoms with Crippen molar-refractivity contribution in [2.75, 3.05) is 33.4 Å². The molecule has 1 unspecified atom stereocenters. The topological polar surface area (TPSA) is 32.8 Å². The minimum absolute atomic E-state index is 0.223. The third kappa shape index (κ3) is 3.48. The maximum absolute atomic E-state index is 12.6. The molecule has 23 heavy (non-hydrogen) atoms. The summed E-state index contributed by atoms with van der Waals surface area (Å²) in [4.78, 5) is 17.3. The minimum Gasteiger partial charge on any atom is -0.383 e. The summed E-state index contributed by atoms with van der Waals surface area (Å²) in [6, 6.07) is 1.11. The largest absolute Gasteiger partial charge is 0.383 e. The number of carbonyl (C=O) groups excluding carboxylic acids is 1. The average Bonchev–Trinajstić information content (AvgIpc) is 3.17. The molecule has 1 atom stereocenters. The molecule has 0 bridgehead atoms. The standard InChI is InChI=1S/C19H32N2O2/c1-15(2)21-14-19(12-17(21)13-23-3)8-10-20(11-9-19)18(22)16-6-4-5-7-16/h4-5,15-17H,6-14H2,1-3H3. The molecule has 1 aliphatic carbocycles. The fourth-order valence-corrected chi connectivity index (χ4v) is 4.79. The van der Waals surface area contributed by atoms with Crippen molar-refractivity contribution < 1.29 is 9.53 Å². The highest BCUT2D eigenvalue weighted by Crippen LogP contribution is 2.44. The van der Waals surface area contributed by atoms with Crippen molar-refractivity contribution in [1.82, 2.24) is 9.80 Å². The van der Waals surface area contributed by atoms with Crippen molar-refractivity contribution in [3.8, 4) is 0 Å². The second-order valence-electron chi connectivity index (χ2n) is 8.04. The number of methoxy groups -OCH3 is 1. The lowest BCUT2D eigenvalue weighted by Crippen LogP contribution is -2.46. The van der Waals surface area contributed by atoms with Crippen LogP contribution in [-0.4, -0.2) is 61.1 Å². The quantitative estimate of drug-likeness (QED) is 0.747. The Morgan fingerprint density at radius 3 is 2.48 bits per heavy atom. The van der Waals surface area contributed by atoms with Crippen LogP contribution >= 0.6 is 0 Å². The fourth-order valence-electron chi connectivity index (χ4n) is 4.79. The maximum atomic E-state index is 12.6. The summed E-state index contributed by atoms with van der Waals surface area (Å²) in [5.41, 5.74) is 0.401. The van der Waals surface area contributed by atoms with Gasteiger partial charge in [0, 0.05) is 44.7 Å². The molecule has 2 aliphatic heterocycles. The van der Waals surface area contributed by atoms with Gasteiger partial charge in [0.2, 0.25) is 5.91 Å². The molecule has 1 spiro atoms. The number of allylic oxidation sites excluding steroid dienone is 2. The van der Waals surface area contributed by atoms with Crippen LogP contribution < -0.4 is 0 Å². The van der Waals surface area contributed by atoms with Crippen LogP contribution in [0.3, 0.4) is 0 Å². The van der Waals surface area contributed by atoms with Gasteiger partial charge in [0.1, 0.15) is 0 Å². The van der Waals surface area contributed by atoms with E-state index in [9.17, 15) is 4.79 Å². The molecular formula is C19H32N2O2. The van der Waals surface area contributed by atoms with E-state index in [0.29, 0.717) is 23.4 Å². The summed E-state index contributed by atoms with van der Waals surface area (Å²) >= 11 is 0. The highest BCUT2D eigenvalue weighted by Gasteiger charge is 2.46. The smallest absolute Gasteiger partial charge is 0.226 e. The molecule has 3 rings (SSSR count). The van der Waals surface area contributed by atoms with E-state index in [1.165, 1.54) is 13.0 Å². The van der Waals surface area contributed by atoms with E-state index < -0.39 is 0 Å². The van der Waals surface area contributed by atoms with Gasteiger partial charge in [-0.25, -0.2) is 0 Å². The van der Waals surface area contributed by atoms with E-state index in [-0.39, 0.29) is 5.92 Å². The predicted molar refractivity (Wildman–Crippen MR) is 92.2 cm³/mol. The second-order valence-corrected chi connectivity index (χ2v) is 8.04. The van der Waals surface area contributed by atoms with Gasteiger partial charge >= 0.3 is 0 Å². The molecule has 3 aliphatic rings. The van der Waals surface area contributed by atoms with E-state index in [2.05, 4.69) is 35.8 Å². The molecule has 0 aromatic rings. The monoisotopic (exact) mass is 320 g/mol. The first-order valence-electron chi connectivity index (χ1n) is 9.23. The Bertz CT molecular complexity index is 444. The Kier molecular flexibility index (Phi) is 5.12. The zero-order valence-corrected chi connectivity index (χ0v) is 15.0. The third-order valence-corrected chi connectivity index (χ3v) is 6.17. The van der Waals surface area contributed by atoms with Gasteiger partial charge in [0.05, 0.1) is 6.61 Å². The molecule has 1 amide bonds. The predicted octanol–water partition coefficient (Wildman–Crippen LogP) is 2.69. The van der Waals surface area contributed by atoms with Gasteiger partial charge in [-0.2, -0.15) is 0 Å². The van der Waals surface area contributed by atoms with Gasteiger partial charge in [-0.15, -0.1) is 0 Å². The first kappa shape index (κ1) is 17.0. The van der Waals surface area contributed by atoms with Crippen molar-refractivity contribution in [1.29, 1.82) is 0 Å². The molecule has 2 saturated heterocycles. The van der Waals surface area contributed by atoms with Crippen LogP contribution in [0.15, 0.2) is 12.2 Å². The van der Waals surface area contributed by atoms with Crippen LogP contribution in [0.2, 0.25) is 0 Å². The van der Waals surface area contributed by atoms with Gasteiger partial charge in [0.15, 0.2) is 0 Å². The average molecular weight is 320 g/mol. The molecule has 0 saturated carbocycles.